The van der Waals surface area contributed by atoms with E-state index in [1.54, 1.807) is 31.2 Å². The number of carbonyl (C=O) groups excluding carboxylic acids is 1. The van der Waals surface area contributed by atoms with Crippen LogP contribution in [0, 0.1) is 6.92 Å². The highest BCUT2D eigenvalue weighted by molar-refractivity contribution is 6.42. The molecule has 0 saturated carbocycles. The van der Waals surface area contributed by atoms with Crippen LogP contribution < -0.4 is 4.74 Å². The van der Waals surface area contributed by atoms with Crippen LogP contribution in [0.2, 0.25) is 10.2 Å². The molecule has 0 bridgehead atoms. The Kier molecular flexibility index (Phi) is 3.64. The summed E-state index contributed by atoms with van der Waals surface area (Å²) in [5.41, 5.74) is 1.49. The van der Waals surface area contributed by atoms with Crippen LogP contribution in [0.25, 0.3) is 0 Å². The standard InChI is InChI=1S/C13H11Cl2NO2/c1-7-10(14)13(15)16-11(7)12(17)8-5-3-4-6-9(8)18-2/h3-6,16H,1-2H3. The van der Waals surface area contributed by atoms with Crippen molar-refractivity contribution < 1.29 is 9.53 Å². The highest BCUT2D eigenvalue weighted by atomic mass is 35.5. The van der Waals surface area contributed by atoms with E-state index >= 15 is 0 Å². The number of hydrogen-bond donors (Lipinski definition) is 1. The summed E-state index contributed by atoms with van der Waals surface area (Å²) in [5.74, 6) is 0.322. The minimum absolute atomic E-state index is 0.196. The maximum absolute atomic E-state index is 12.4. The zero-order valence-corrected chi connectivity index (χ0v) is 11.4. The Morgan fingerprint density at radius 3 is 2.50 bits per heavy atom. The smallest absolute Gasteiger partial charge is 0.213 e. The second-order valence-corrected chi connectivity index (χ2v) is 4.54. The van der Waals surface area contributed by atoms with Gasteiger partial charge in [0.25, 0.3) is 0 Å². The van der Waals surface area contributed by atoms with Crippen molar-refractivity contribution in [1.82, 2.24) is 4.98 Å². The number of ketones is 1. The summed E-state index contributed by atoms with van der Waals surface area (Å²) in [6.45, 7) is 1.74. The number of halogens is 2. The van der Waals surface area contributed by atoms with Gasteiger partial charge in [0.1, 0.15) is 10.9 Å². The van der Waals surface area contributed by atoms with Crippen LogP contribution in [0.5, 0.6) is 5.75 Å². The summed E-state index contributed by atoms with van der Waals surface area (Å²) >= 11 is 11.8. The number of para-hydroxylation sites is 1. The van der Waals surface area contributed by atoms with Crippen molar-refractivity contribution in [3.63, 3.8) is 0 Å². The molecule has 0 amide bonds. The van der Waals surface area contributed by atoms with Gasteiger partial charge in [-0.2, -0.15) is 0 Å². The first kappa shape index (κ1) is 13.0. The molecule has 1 aromatic carbocycles. The second kappa shape index (κ2) is 5.04. The van der Waals surface area contributed by atoms with E-state index in [4.69, 9.17) is 27.9 Å². The van der Waals surface area contributed by atoms with Gasteiger partial charge >= 0.3 is 0 Å². The fraction of sp³-hybridized carbons (Fsp3) is 0.154. The molecule has 0 radical (unpaired) electrons. The van der Waals surface area contributed by atoms with Crippen LogP contribution in [0.1, 0.15) is 21.6 Å². The van der Waals surface area contributed by atoms with E-state index in [0.29, 0.717) is 27.6 Å². The van der Waals surface area contributed by atoms with E-state index in [0.717, 1.165) is 0 Å². The first-order chi connectivity index (χ1) is 8.56. The minimum atomic E-state index is -0.196. The molecule has 3 nitrogen and oxygen atoms in total. The van der Waals surface area contributed by atoms with E-state index in [9.17, 15) is 4.79 Å². The molecule has 94 valence electrons. The van der Waals surface area contributed by atoms with Gasteiger partial charge in [-0.3, -0.25) is 4.79 Å². The van der Waals surface area contributed by atoms with E-state index in [1.165, 1.54) is 7.11 Å². The molecular formula is C13H11Cl2NO2. The molecule has 0 spiro atoms. The lowest BCUT2D eigenvalue weighted by Crippen LogP contribution is -2.05. The second-order valence-electron chi connectivity index (χ2n) is 3.78. The third-order valence-electron chi connectivity index (χ3n) is 2.71. The maximum atomic E-state index is 12.4. The van der Waals surface area contributed by atoms with Crippen LogP contribution in [0.4, 0.5) is 0 Å². The number of nitrogens with one attached hydrogen (secondary N) is 1. The number of rotatable bonds is 3. The van der Waals surface area contributed by atoms with E-state index in [-0.39, 0.29) is 10.9 Å². The maximum Gasteiger partial charge on any atom is 0.213 e. The van der Waals surface area contributed by atoms with Crippen LogP contribution in [-0.2, 0) is 0 Å². The lowest BCUT2D eigenvalue weighted by atomic mass is 10.1. The molecule has 1 aromatic heterocycles. The lowest BCUT2D eigenvalue weighted by Gasteiger charge is -2.06. The highest BCUT2D eigenvalue weighted by Crippen LogP contribution is 2.30. The Morgan fingerprint density at radius 2 is 1.94 bits per heavy atom. The zero-order chi connectivity index (χ0) is 13.3. The molecule has 0 fully saturated rings. The first-order valence-electron chi connectivity index (χ1n) is 5.27. The molecule has 18 heavy (non-hydrogen) atoms. The molecule has 1 heterocycles. The van der Waals surface area contributed by atoms with Crippen molar-refractivity contribution in [2.45, 2.75) is 6.92 Å². The van der Waals surface area contributed by atoms with Gasteiger partial charge in [-0.1, -0.05) is 35.3 Å². The molecule has 2 aromatic rings. The number of methoxy groups -OCH3 is 1. The number of ether oxygens (including phenoxy) is 1. The van der Waals surface area contributed by atoms with Gasteiger partial charge < -0.3 is 9.72 Å². The van der Waals surface area contributed by atoms with Gasteiger partial charge in [0.05, 0.1) is 23.4 Å². The topological polar surface area (TPSA) is 42.1 Å². The van der Waals surface area contributed by atoms with Crippen molar-refractivity contribution >= 4 is 29.0 Å². The number of benzene rings is 1. The molecule has 0 atom stereocenters. The molecule has 2 rings (SSSR count). The zero-order valence-electron chi connectivity index (χ0n) is 9.88. The Bertz CT molecular complexity index is 605. The molecule has 1 N–H and O–H groups in total. The fourth-order valence-electron chi connectivity index (χ4n) is 1.73. The lowest BCUT2D eigenvalue weighted by molar-refractivity contribution is 0.103. The van der Waals surface area contributed by atoms with E-state index in [2.05, 4.69) is 4.98 Å². The molecular weight excluding hydrogens is 273 g/mol. The fourth-order valence-corrected chi connectivity index (χ4v) is 2.10. The van der Waals surface area contributed by atoms with Gasteiger partial charge in [0, 0.05) is 0 Å². The quantitative estimate of drug-likeness (QED) is 0.869. The van der Waals surface area contributed by atoms with Gasteiger partial charge in [0.2, 0.25) is 5.78 Å². The largest absolute Gasteiger partial charge is 0.496 e. The summed E-state index contributed by atoms with van der Waals surface area (Å²) in [6.07, 6.45) is 0. The molecule has 0 aliphatic rings. The van der Waals surface area contributed by atoms with Crippen molar-refractivity contribution in [1.29, 1.82) is 0 Å². The number of carbonyl (C=O) groups is 1. The summed E-state index contributed by atoms with van der Waals surface area (Å²) in [6, 6.07) is 7.01. The van der Waals surface area contributed by atoms with Gasteiger partial charge in [0.15, 0.2) is 0 Å². The summed E-state index contributed by atoms with van der Waals surface area (Å²) < 4.78 is 5.16. The Hall–Kier alpha value is -1.45. The van der Waals surface area contributed by atoms with Gasteiger partial charge in [-0.25, -0.2) is 0 Å². The number of H-pyrrole nitrogens is 1. The predicted molar refractivity (Wildman–Crippen MR) is 72.0 cm³/mol. The SMILES string of the molecule is COc1ccccc1C(=O)c1[nH]c(Cl)c(Cl)c1C. The van der Waals surface area contributed by atoms with Gasteiger partial charge in [-0.05, 0) is 24.6 Å². The third kappa shape index (κ3) is 2.11. The van der Waals surface area contributed by atoms with Crippen molar-refractivity contribution in [2.24, 2.45) is 0 Å². The van der Waals surface area contributed by atoms with Crippen molar-refractivity contribution in [3.8, 4) is 5.75 Å². The van der Waals surface area contributed by atoms with Crippen LogP contribution in [0.3, 0.4) is 0 Å². The van der Waals surface area contributed by atoms with E-state index < -0.39 is 0 Å². The van der Waals surface area contributed by atoms with Crippen LogP contribution in [0.15, 0.2) is 24.3 Å². The Morgan fingerprint density at radius 1 is 1.28 bits per heavy atom. The van der Waals surface area contributed by atoms with Gasteiger partial charge in [-0.15, -0.1) is 0 Å². The molecule has 0 unspecified atom stereocenters. The Balaban J connectivity index is 2.51. The normalized spacial score (nSPS) is 10.4. The predicted octanol–water partition coefficient (Wildman–Crippen LogP) is 3.87. The molecule has 0 aliphatic carbocycles. The van der Waals surface area contributed by atoms with E-state index in [1.807, 2.05) is 0 Å². The summed E-state index contributed by atoms with van der Waals surface area (Å²) in [4.78, 5) is 15.2. The number of aromatic amines is 1. The highest BCUT2D eigenvalue weighted by Gasteiger charge is 2.20. The Labute approximate surface area is 115 Å². The minimum Gasteiger partial charge on any atom is -0.496 e. The van der Waals surface area contributed by atoms with Crippen LogP contribution >= 0.6 is 23.2 Å². The first-order valence-corrected chi connectivity index (χ1v) is 6.03. The molecule has 0 saturated heterocycles. The monoisotopic (exact) mass is 283 g/mol. The molecule has 0 aliphatic heterocycles. The third-order valence-corrected chi connectivity index (χ3v) is 3.56. The van der Waals surface area contributed by atoms with Crippen molar-refractivity contribution in [3.05, 3.63) is 51.3 Å². The average molecular weight is 284 g/mol. The average Bonchev–Trinajstić information content (AvgIpc) is 2.65. The number of hydrogen-bond acceptors (Lipinski definition) is 2. The summed E-state index contributed by atoms with van der Waals surface area (Å²) in [7, 11) is 1.52. The summed E-state index contributed by atoms with van der Waals surface area (Å²) in [5, 5.41) is 0.641. The molecule has 5 heteroatoms. The number of aromatic nitrogens is 1. The van der Waals surface area contributed by atoms with Crippen molar-refractivity contribution in [2.75, 3.05) is 7.11 Å². The van der Waals surface area contributed by atoms with Crippen LogP contribution in [-0.4, -0.2) is 17.9 Å².